The van der Waals surface area contributed by atoms with Crippen molar-refractivity contribution in [2.24, 2.45) is 0 Å². The lowest BCUT2D eigenvalue weighted by molar-refractivity contribution is -0.140. The molecular formula is C18H23F4NO3. The summed E-state index contributed by atoms with van der Waals surface area (Å²) in [5.41, 5.74) is -3.50. The molecule has 2 unspecified atom stereocenters. The van der Waals surface area contributed by atoms with E-state index < -0.39 is 40.9 Å². The summed E-state index contributed by atoms with van der Waals surface area (Å²) < 4.78 is 57.7. The maximum Gasteiger partial charge on any atom is 0.419 e. The van der Waals surface area contributed by atoms with E-state index in [0.29, 0.717) is 25.3 Å². The van der Waals surface area contributed by atoms with E-state index in [1.54, 1.807) is 20.8 Å². The van der Waals surface area contributed by atoms with Gasteiger partial charge in [0.15, 0.2) is 0 Å². The van der Waals surface area contributed by atoms with Crippen LogP contribution in [0.1, 0.15) is 57.6 Å². The highest BCUT2D eigenvalue weighted by Gasteiger charge is 2.45. The molecule has 0 aromatic heterocycles. The number of ether oxygens (including phenoxy) is 1. The van der Waals surface area contributed by atoms with Crippen LogP contribution in [0.15, 0.2) is 18.2 Å². The summed E-state index contributed by atoms with van der Waals surface area (Å²) in [5.74, 6) is -1.45. The van der Waals surface area contributed by atoms with Crippen molar-refractivity contribution >= 4 is 6.09 Å². The van der Waals surface area contributed by atoms with Gasteiger partial charge in [0.25, 0.3) is 0 Å². The molecule has 1 aliphatic rings. The smallest absolute Gasteiger partial charge is 0.419 e. The number of aliphatic hydroxyl groups is 1. The molecule has 146 valence electrons. The number of hydrogen-bond donors (Lipinski definition) is 2. The molecule has 8 heteroatoms. The quantitative estimate of drug-likeness (QED) is 0.746. The van der Waals surface area contributed by atoms with Gasteiger partial charge in [-0.1, -0.05) is 18.9 Å². The second-order valence-electron chi connectivity index (χ2n) is 7.55. The SMILES string of the molecule is CC(C)(C)OC(=O)NC1(c2ccc(C(F)(F)F)c(F)c2)CCCCC1O. The number of hydrogen-bond acceptors (Lipinski definition) is 3. The fourth-order valence-corrected chi connectivity index (χ4v) is 3.22. The van der Waals surface area contributed by atoms with Crippen molar-refractivity contribution in [3.05, 3.63) is 35.1 Å². The first-order valence-corrected chi connectivity index (χ1v) is 8.42. The standard InChI is InChI=1S/C18H23F4NO3/c1-16(2,3)26-15(25)23-17(9-5-4-6-14(17)24)11-7-8-12(13(19)10-11)18(20,21)22/h7-8,10,14,24H,4-6,9H2,1-3H3,(H,23,25). The zero-order valence-corrected chi connectivity index (χ0v) is 14.9. The lowest BCUT2D eigenvalue weighted by Crippen LogP contribution is -2.56. The van der Waals surface area contributed by atoms with E-state index in [1.807, 2.05) is 0 Å². The van der Waals surface area contributed by atoms with Gasteiger partial charge in [-0.05, 0) is 51.3 Å². The van der Waals surface area contributed by atoms with Crippen LogP contribution in [0, 0.1) is 5.82 Å². The lowest BCUT2D eigenvalue weighted by atomic mass is 9.74. The third-order valence-electron chi connectivity index (χ3n) is 4.38. The van der Waals surface area contributed by atoms with Crippen molar-refractivity contribution in [2.45, 2.75) is 69.9 Å². The van der Waals surface area contributed by atoms with Crippen LogP contribution >= 0.6 is 0 Å². The number of carbonyl (C=O) groups is 1. The molecule has 1 aliphatic carbocycles. The zero-order chi connectivity index (χ0) is 19.8. The number of alkyl halides is 3. The van der Waals surface area contributed by atoms with Crippen LogP contribution in [0.3, 0.4) is 0 Å². The van der Waals surface area contributed by atoms with E-state index in [-0.39, 0.29) is 12.0 Å². The molecule has 4 nitrogen and oxygen atoms in total. The van der Waals surface area contributed by atoms with Crippen LogP contribution in [-0.4, -0.2) is 22.9 Å². The fraction of sp³-hybridized carbons (Fsp3) is 0.611. The summed E-state index contributed by atoms with van der Waals surface area (Å²) >= 11 is 0. The van der Waals surface area contributed by atoms with Crippen LogP contribution < -0.4 is 5.32 Å². The van der Waals surface area contributed by atoms with E-state index in [9.17, 15) is 27.5 Å². The van der Waals surface area contributed by atoms with Crippen LogP contribution in [0.2, 0.25) is 0 Å². The van der Waals surface area contributed by atoms with Gasteiger partial charge in [-0.25, -0.2) is 9.18 Å². The van der Waals surface area contributed by atoms with Gasteiger partial charge in [0.05, 0.1) is 17.2 Å². The minimum atomic E-state index is -4.82. The summed E-state index contributed by atoms with van der Waals surface area (Å²) in [6.45, 7) is 4.98. The number of amides is 1. The average molecular weight is 377 g/mol. The van der Waals surface area contributed by atoms with Crippen molar-refractivity contribution in [3.8, 4) is 0 Å². The van der Waals surface area contributed by atoms with Crippen LogP contribution in [0.5, 0.6) is 0 Å². The third-order valence-corrected chi connectivity index (χ3v) is 4.38. The molecule has 2 atom stereocenters. The van der Waals surface area contributed by atoms with E-state index >= 15 is 0 Å². The number of halogens is 4. The molecular weight excluding hydrogens is 354 g/mol. The van der Waals surface area contributed by atoms with Crippen molar-refractivity contribution < 1.29 is 32.2 Å². The van der Waals surface area contributed by atoms with E-state index in [2.05, 4.69) is 5.32 Å². The number of benzene rings is 1. The molecule has 0 aliphatic heterocycles. The molecule has 1 aromatic rings. The Morgan fingerprint density at radius 2 is 1.92 bits per heavy atom. The van der Waals surface area contributed by atoms with Gasteiger partial charge >= 0.3 is 12.3 Å². The van der Waals surface area contributed by atoms with E-state index in [1.165, 1.54) is 0 Å². The van der Waals surface area contributed by atoms with Gasteiger partial charge in [-0.3, -0.25) is 0 Å². The second kappa shape index (κ2) is 7.06. The first-order chi connectivity index (χ1) is 11.8. The topological polar surface area (TPSA) is 58.6 Å². The minimum Gasteiger partial charge on any atom is -0.444 e. The average Bonchev–Trinajstić information content (AvgIpc) is 2.46. The molecule has 1 amide bonds. The normalized spacial score (nSPS) is 24.2. The molecule has 0 heterocycles. The molecule has 1 fully saturated rings. The molecule has 26 heavy (non-hydrogen) atoms. The minimum absolute atomic E-state index is 0.0843. The van der Waals surface area contributed by atoms with E-state index in [0.717, 1.165) is 12.1 Å². The van der Waals surface area contributed by atoms with Crippen molar-refractivity contribution in [2.75, 3.05) is 0 Å². The van der Waals surface area contributed by atoms with Crippen LogP contribution in [0.4, 0.5) is 22.4 Å². The Hall–Kier alpha value is -1.83. The molecule has 1 saturated carbocycles. The molecule has 1 aromatic carbocycles. The molecule has 0 saturated heterocycles. The van der Waals surface area contributed by atoms with Crippen molar-refractivity contribution in [1.29, 1.82) is 0 Å². The molecule has 0 bridgehead atoms. The number of carbonyl (C=O) groups excluding carboxylic acids is 1. The largest absolute Gasteiger partial charge is 0.444 e. The van der Waals surface area contributed by atoms with Crippen LogP contribution in [-0.2, 0) is 16.5 Å². The zero-order valence-electron chi connectivity index (χ0n) is 14.9. The summed E-state index contributed by atoms with van der Waals surface area (Å²) in [7, 11) is 0. The van der Waals surface area contributed by atoms with E-state index in [4.69, 9.17) is 4.74 Å². The van der Waals surface area contributed by atoms with Gasteiger partial charge in [0.2, 0.25) is 0 Å². The lowest BCUT2D eigenvalue weighted by Gasteiger charge is -2.42. The number of alkyl carbamates (subject to hydrolysis) is 1. The molecule has 2 N–H and O–H groups in total. The maximum absolute atomic E-state index is 14.1. The maximum atomic E-state index is 14.1. The monoisotopic (exact) mass is 377 g/mol. The van der Waals surface area contributed by atoms with Crippen molar-refractivity contribution in [1.82, 2.24) is 5.32 Å². The van der Waals surface area contributed by atoms with Crippen LogP contribution in [0.25, 0.3) is 0 Å². The van der Waals surface area contributed by atoms with Crippen molar-refractivity contribution in [3.63, 3.8) is 0 Å². The summed E-state index contributed by atoms with van der Waals surface area (Å²) in [6, 6.07) is 2.46. The highest BCUT2D eigenvalue weighted by molar-refractivity contribution is 5.69. The fourth-order valence-electron chi connectivity index (χ4n) is 3.22. The Balaban J connectivity index is 2.42. The summed E-state index contributed by atoms with van der Waals surface area (Å²) in [4.78, 5) is 12.2. The summed E-state index contributed by atoms with van der Waals surface area (Å²) in [5, 5.41) is 13.1. The first kappa shape index (κ1) is 20.5. The second-order valence-corrected chi connectivity index (χ2v) is 7.55. The predicted molar refractivity (Wildman–Crippen MR) is 86.9 cm³/mol. The summed E-state index contributed by atoms with van der Waals surface area (Å²) in [6.07, 6.45) is -4.80. The Kier molecular flexibility index (Phi) is 5.56. The van der Waals surface area contributed by atoms with Gasteiger partial charge in [-0.15, -0.1) is 0 Å². The number of rotatable bonds is 2. The van der Waals surface area contributed by atoms with Gasteiger partial charge in [0, 0.05) is 0 Å². The Morgan fingerprint density at radius 1 is 1.27 bits per heavy atom. The van der Waals surface area contributed by atoms with Gasteiger partial charge in [-0.2, -0.15) is 13.2 Å². The Bertz CT molecular complexity index is 669. The highest BCUT2D eigenvalue weighted by Crippen LogP contribution is 2.40. The number of nitrogens with one attached hydrogen (secondary N) is 1. The van der Waals surface area contributed by atoms with Gasteiger partial charge < -0.3 is 15.2 Å². The first-order valence-electron chi connectivity index (χ1n) is 8.42. The van der Waals surface area contributed by atoms with Gasteiger partial charge in [0.1, 0.15) is 11.4 Å². The Morgan fingerprint density at radius 3 is 2.42 bits per heavy atom. The molecule has 0 spiro atoms. The Labute approximate surface area is 149 Å². The third kappa shape index (κ3) is 4.47. The predicted octanol–water partition coefficient (Wildman–Crippen LogP) is 4.50. The molecule has 0 radical (unpaired) electrons. The molecule has 2 rings (SSSR count). The highest BCUT2D eigenvalue weighted by atomic mass is 19.4. The number of aliphatic hydroxyl groups excluding tert-OH is 1.